The Bertz CT molecular complexity index is 377. The van der Waals surface area contributed by atoms with E-state index in [1.807, 2.05) is 24.3 Å². The SMILES string of the molecule is CN=C1NC(c2ccccc2OC)CO1. The Morgan fingerprint density at radius 3 is 2.93 bits per heavy atom. The van der Waals surface area contributed by atoms with Gasteiger partial charge in [0, 0.05) is 12.6 Å². The number of ether oxygens (including phenoxy) is 2. The number of amidine groups is 1. The number of nitrogens with zero attached hydrogens (tertiary/aromatic N) is 1. The maximum atomic E-state index is 5.35. The molecule has 0 amide bonds. The van der Waals surface area contributed by atoms with Crippen LogP contribution in [0.5, 0.6) is 5.75 Å². The maximum Gasteiger partial charge on any atom is 0.285 e. The zero-order valence-corrected chi connectivity index (χ0v) is 8.86. The standard InChI is InChI=1S/C11H14N2O2/c1-12-11-13-9(7-15-11)8-5-3-4-6-10(8)14-2/h3-6,9H,7H2,1-2H3,(H,12,13). The van der Waals surface area contributed by atoms with Crippen LogP contribution in [0, 0.1) is 0 Å². The third kappa shape index (κ3) is 1.88. The van der Waals surface area contributed by atoms with Crippen LogP contribution in [0.15, 0.2) is 29.3 Å². The number of hydrogen-bond acceptors (Lipinski definition) is 3. The molecule has 1 atom stereocenters. The number of rotatable bonds is 2. The smallest absolute Gasteiger partial charge is 0.285 e. The first-order valence-corrected chi connectivity index (χ1v) is 4.84. The molecule has 0 radical (unpaired) electrons. The highest BCUT2D eigenvalue weighted by Gasteiger charge is 2.24. The highest BCUT2D eigenvalue weighted by atomic mass is 16.5. The first-order valence-electron chi connectivity index (χ1n) is 4.84. The van der Waals surface area contributed by atoms with Crippen LogP contribution in [0.4, 0.5) is 0 Å². The van der Waals surface area contributed by atoms with Gasteiger partial charge in [0.1, 0.15) is 12.4 Å². The Morgan fingerprint density at radius 1 is 1.47 bits per heavy atom. The molecule has 1 fully saturated rings. The summed E-state index contributed by atoms with van der Waals surface area (Å²) in [4.78, 5) is 3.96. The second-order valence-electron chi connectivity index (χ2n) is 3.28. The summed E-state index contributed by atoms with van der Waals surface area (Å²) in [6.45, 7) is 0.590. The highest BCUT2D eigenvalue weighted by molar-refractivity contribution is 5.76. The Labute approximate surface area is 88.9 Å². The molecule has 4 nitrogen and oxygen atoms in total. The molecule has 1 unspecified atom stereocenters. The van der Waals surface area contributed by atoms with Gasteiger partial charge in [0.05, 0.1) is 13.2 Å². The van der Waals surface area contributed by atoms with Crippen molar-refractivity contribution in [2.45, 2.75) is 6.04 Å². The van der Waals surface area contributed by atoms with Crippen molar-refractivity contribution in [1.29, 1.82) is 0 Å². The van der Waals surface area contributed by atoms with Gasteiger partial charge in [-0.25, -0.2) is 4.99 Å². The van der Waals surface area contributed by atoms with E-state index in [1.165, 1.54) is 0 Å². The number of benzene rings is 1. The van der Waals surface area contributed by atoms with E-state index in [9.17, 15) is 0 Å². The molecule has 0 aromatic heterocycles. The Hall–Kier alpha value is -1.71. The number of para-hydroxylation sites is 1. The van der Waals surface area contributed by atoms with Crippen LogP contribution in [0.1, 0.15) is 11.6 Å². The molecule has 1 aliphatic rings. The predicted molar refractivity (Wildman–Crippen MR) is 58.2 cm³/mol. The lowest BCUT2D eigenvalue weighted by Crippen LogP contribution is -2.20. The van der Waals surface area contributed by atoms with Gasteiger partial charge in [-0.2, -0.15) is 0 Å². The first kappa shape index (κ1) is 9.83. The van der Waals surface area contributed by atoms with Crippen molar-refractivity contribution in [1.82, 2.24) is 5.32 Å². The summed E-state index contributed by atoms with van der Waals surface area (Å²) >= 11 is 0. The molecule has 2 rings (SSSR count). The van der Waals surface area contributed by atoms with Gasteiger partial charge in [0.2, 0.25) is 0 Å². The quantitative estimate of drug-likeness (QED) is 0.794. The zero-order chi connectivity index (χ0) is 10.7. The molecule has 0 aliphatic carbocycles. The summed E-state index contributed by atoms with van der Waals surface area (Å²) in [6.07, 6.45) is 0. The minimum Gasteiger partial charge on any atom is -0.496 e. The second kappa shape index (κ2) is 4.21. The van der Waals surface area contributed by atoms with Crippen LogP contribution in [0.2, 0.25) is 0 Å². The van der Waals surface area contributed by atoms with Crippen molar-refractivity contribution in [3.05, 3.63) is 29.8 Å². The largest absolute Gasteiger partial charge is 0.496 e. The molecule has 4 heteroatoms. The predicted octanol–water partition coefficient (Wildman–Crippen LogP) is 1.34. The molecular formula is C11H14N2O2. The zero-order valence-electron chi connectivity index (χ0n) is 8.86. The maximum absolute atomic E-state index is 5.35. The van der Waals surface area contributed by atoms with Crippen molar-refractivity contribution >= 4 is 6.02 Å². The molecule has 0 spiro atoms. The minimum atomic E-state index is 0.125. The third-order valence-electron chi connectivity index (χ3n) is 2.40. The van der Waals surface area contributed by atoms with Crippen molar-refractivity contribution in [3.8, 4) is 5.75 Å². The van der Waals surface area contributed by atoms with Gasteiger partial charge in [-0.15, -0.1) is 0 Å². The molecular weight excluding hydrogens is 192 g/mol. The van der Waals surface area contributed by atoms with Crippen molar-refractivity contribution < 1.29 is 9.47 Å². The third-order valence-corrected chi connectivity index (χ3v) is 2.40. The van der Waals surface area contributed by atoms with Gasteiger partial charge in [-0.1, -0.05) is 18.2 Å². The first-order chi connectivity index (χ1) is 7.35. The summed E-state index contributed by atoms with van der Waals surface area (Å²) in [5, 5.41) is 3.18. The van der Waals surface area contributed by atoms with E-state index in [-0.39, 0.29) is 6.04 Å². The van der Waals surface area contributed by atoms with Crippen molar-refractivity contribution in [2.75, 3.05) is 20.8 Å². The van der Waals surface area contributed by atoms with Crippen LogP contribution in [-0.2, 0) is 4.74 Å². The van der Waals surface area contributed by atoms with Crippen LogP contribution in [0.3, 0.4) is 0 Å². The fourth-order valence-corrected chi connectivity index (χ4v) is 1.65. The van der Waals surface area contributed by atoms with Gasteiger partial charge in [-0.3, -0.25) is 0 Å². The number of aliphatic imine (C=N–C) groups is 1. The molecule has 1 aromatic rings. The summed E-state index contributed by atoms with van der Waals surface area (Å²) in [5.74, 6) is 0.871. The van der Waals surface area contributed by atoms with Gasteiger partial charge in [0.25, 0.3) is 6.02 Å². The van der Waals surface area contributed by atoms with E-state index in [0.717, 1.165) is 11.3 Å². The van der Waals surface area contributed by atoms with Gasteiger partial charge in [0.15, 0.2) is 0 Å². The lowest BCUT2D eigenvalue weighted by Gasteiger charge is -2.12. The molecule has 1 saturated heterocycles. The van der Waals surface area contributed by atoms with Gasteiger partial charge < -0.3 is 14.8 Å². The lowest BCUT2D eigenvalue weighted by molar-refractivity contribution is 0.323. The molecule has 15 heavy (non-hydrogen) atoms. The van der Waals surface area contributed by atoms with E-state index in [2.05, 4.69) is 10.3 Å². The number of nitrogens with one attached hydrogen (secondary N) is 1. The highest BCUT2D eigenvalue weighted by Crippen LogP contribution is 2.27. The molecule has 1 aromatic carbocycles. The molecule has 0 bridgehead atoms. The normalized spacial score (nSPS) is 22.3. The van der Waals surface area contributed by atoms with E-state index < -0.39 is 0 Å². The van der Waals surface area contributed by atoms with Gasteiger partial charge in [-0.05, 0) is 6.07 Å². The topological polar surface area (TPSA) is 42.9 Å². The second-order valence-corrected chi connectivity index (χ2v) is 3.28. The van der Waals surface area contributed by atoms with Crippen LogP contribution in [-0.4, -0.2) is 26.8 Å². The Kier molecular flexibility index (Phi) is 2.76. The summed E-state index contributed by atoms with van der Waals surface area (Å²) < 4.78 is 10.6. The Morgan fingerprint density at radius 2 is 2.27 bits per heavy atom. The average molecular weight is 206 g/mol. The van der Waals surface area contributed by atoms with E-state index in [1.54, 1.807) is 14.2 Å². The monoisotopic (exact) mass is 206 g/mol. The summed E-state index contributed by atoms with van der Waals surface area (Å²) in [5.41, 5.74) is 1.10. The minimum absolute atomic E-state index is 0.125. The average Bonchev–Trinajstić information content (AvgIpc) is 2.77. The fraction of sp³-hybridized carbons (Fsp3) is 0.364. The van der Waals surface area contributed by atoms with E-state index in [4.69, 9.17) is 9.47 Å². The molecule has 80 valence electrons. The lowest BCUT2D eigenvalue weighted by atomic mass is 10.1. The molecule has 0 saturated carbocycles. The molecule has 1 N–H and O–H groups in total. The summed E-state index contributed by atoms with van der Waals surface area (Å²) in [6, 6.07) is 8.62. The van der Waals surface area contributed by atoms with E-state index in [0.29, 0.717) is 12.6 Å². The molecule has 1 heterocycles. The van der Waals surface area contributed by atoms with Crippen LogP contribution < -0.4 is 10.1 Å². The van der Waals surface area contributed by atoms with Crippen molar-refractivity contribution in [2.24, 2.45) is 4.99 Å². The fourth-order valence-electron chi connectivity index (χ4n) is 1.65. The molecule has 1 aliphatic heterocycles. The van der Waals surface area contributed by atoms with Gasteiger partial charge >= 0.3 is 0 Å². The summed E-state index contributed by atoms with van der Waals surface area (Å²) in [7, 11) is 3.37. The van der Waals surface area contributed by atoms with Crippen LogP contribution >= 0.6 is 0 Å². The van der Waals surface area contributed by atoms with Crippen LogP contribution in [0.25, 0.3) is 0 Å². The number of methoxy groups -OCH3 is 1. The number of hydrogen-bond donors (Lipinski definition) is 1. The van der Waals surface area contributed by atoms with Crippen molar-refractivity contribution in [3.63, 3.8) is 0 Å². The van der Waals surface area contributed by atoms with E-state index >= 15 is 0 Å². The Balaban J connectivity index is 2.23.